The number of hydrogen-bond donors (Lipinski definition) is 1. The molecule has 6 heteroatoms. The highest BCUT2D eigenvalue weighted by atomic mass is 16.5. The molecule has 1 atom stereocenters. The Hall–Kier alpha value is -1.95. The van der Waals surface area contributed by atoms with Gasteiger partial charge in [-0.1, -0.05) is 12.1 Å². The van der Waals surface area contributed by atoms with Crippen molar-refractivity contribution in [3.05, 3.63) is 35.2 Å². The molecule has 96 valence electrons. The second kappa shape index (κ2) is 5.14. The van der Waals surface area contributed by atoms with Crippen LogP contribution in [0.5, 0.6) is 5.75 Å². The van der Waals surface area contributed by atoms with E-state index in [0.29, 0.717) is 12.4 Å². The van der Waals surface area contributed by atoms with E-state index >= 15 is 0 Å². The monoisotopic (exact) mass is 247 g/mol. The van der Waals surface area contributed by atoms with E-state index in [4.69, 9.17) is 10.5 Å². The summed E-state index contributed by atoms with van der Waals surface area (Å²) in [6, 6.07) is 5.95. The maximum Gasteiger partial charge on any atom is 0.212 e. The number of nitrogens with two attached hydrogens (primary N) is 1. The highest BCUT2D eigenvalue weighted by Crippen LogP contribution is 2.22. The summed E-state index contributed by atoms with van der Waals surface area (Å²) in [5, 5.41) is 11.7. The van der Waals surface area contributed by atoms with Gasteiger partial charge in [0.05, 0.1) is 7.05 Å². The fraction of sp³-hybridized carbons (Fsp3) is 0.417. The van der Waals surface area contributed by atoms with E-state index in [9.17, 15) is 0 Å². The van der Waals surface area contributed by atoms with E-state index in [1.54, 1.807) is 7.05 Å². The lowest BCUT2D eigenvalue weighted by Gasteiger charge is -2.11. The van der Waals surface area contributed by atoms with E-state index in [1.165, 1.54) is 4.80 Å². The van der Waals surface area contributed by atoms with Gasteiger partial charge in [-0.15, -0.1) is 10.2 Å². The number of rotatable bonds is 4. The quantitative estimate of drug-likeness (QED) is 0.875. The van der Waals surface area contributed by atoms with E-state index in [2.05, 4.69) is 15.4 Å². The van der Waals surface area contributed by atoms with Crippen LogP contribution < -0.4 is 10.5 Å². The lowest BCUT2D eigenvalue weighted by molar-refractivity contribution is 0.293. The van der Waals surface area contributed by atoms with Gasteiger partial charge in [-0.3, -0.25) is 0 Å². The minimum Gasteiger partial charge on any atom is -0.485 e. The van der Waals surface area contributed by atoms with Gasteiger partial charge in [-0.05, 0) is 36.3 Å². The topological polar surface area (TPSA) is 78.9 Å². The SMILES string of the molecule is Cc1cc([C@H](C)N)ccc1OCc1nnn(C)n1. The van der Waals surface area contributed by atoms with Gasteiger partial charge in [0.2, 0.25) is 5.82 Å². The molecule has 1 heterocycles. The average molecular weight is 247 g/mol. The van der Waals surface area contributed by atoms with E-state index < -0.39 is 0 Å². The van der Waals surface area contributed by atoms with Gasteiger partial charge in [-0.25, -0.2) is 0 Å². The summed E-state index contributed by atoms with van der Waals surface area (Å²) in [4.78, 5) is 1.41. The molecule has 2 rings (SSSR count). The molecule has 0 fully saturated rings. The van der Waals surface area contributed by atoms with Crippen LogP contribution >= 0.6 is 0 Å². The number of aromatic nitrogens is 4. The maximum atomic E-state index is 5.83. The lowest BCUT2D eigenvalue weighted by atomic mass is 10.1. The first-order valence-electron chi connectivity index (χ1n) is 5.78. The third-order valence-electron chi connectivity index (χ3n) is 2.63. The molecule has 0 saturated heterocycles. The number of benzene rings is 1. The summed E-state index contributed by atoms with van der Waals surface area (Å²) >= 11 is 0. The van der Waals surface area contributed by atoms with Crippen molar-refractivity contribution in [3.8, 4) is 5.75 Å². The largest absolute Gasteiger partial charge is 0.485 e. The van der Waals surface area contributed by atoms with Crippen LogP contribution in [-0.4, -0.2) is 20.2 Å². The van der Waals surface area contributed by atoms with Crippen LogP contribution in [0.15, 0.2) is 18.2 Å². The van der Waals surface area contributed by atoms with Gasteiger partial charge in [0.25, 0.3) is 0 Å². The Morgan fingerprint density at radius 1 is 1.44 bits per heavy atom. The maximum absolute atomic E-state index is 5.83. The molecular formula is C12H17N5O. The molecule has 0 amide bonds. The fourth-order valence-corrected chi connectivity index (χ4v) is 1.64. The van der Waals surface area contributed by atoms with Gasteiger partial charge in [0.1, 0.15) is 5.75 Å². The fourth-order valence-electron chi connectivity index (χ4n) is 1.64. The smallest absolute Gasteiger partial charge is 0.212 e. The zero-order valence-electron chi connectivity index (χ0n) is 10.8. The van der Waals surface area contributed by atoms with Crippen molar-refractivity contribution in [2.75, 3.05) is 0 Å². The molecular weight excluding hydrogens is 230 g/mol. The van der Waals surface area contributed by atoms with Crippen LogP contribution in [0.4, 0.5) is 0 Å². The van der Waals surface area contributed by atoms with E-state index in [0.717, 1.165) is 16.9 Å². The second-order valence-corrected chi connectivity index (χ2v) is 4.30. The van der Waals surface area contributed by atoms with Crippen molar-refractivity contribution in [2.45, 2.75) is 26.5 Å². The Balaban J connectivity index is 2.05. The normalized spacial score (nSPS) is 12.4. The van der Waals surface area contributed by atoms with Crippen molar-refractivity contribution < 1.29 is 4.74 Å². The Morgan fingerprint density at radius 3 is 2.78 bits per heavy atom. The zero-order chi connectivity index (χ0) is 13.1. The van der Waals surface area contributed by atoms with E-state index in [-0.39, 0.29) is 6.04 Å². The molecule has 1 aromatic carbocycles. The van der Waals surface area contributed by atoms with Gasteiger partial charge < -0.3 is 10.5 Å². The molecule has 0 unspecified atom stereocenters. The lowest BCUT2D eigenvalue weighted by Crippen LogP contribution is -2.06. The molecule has 0 spiro atoms. The van der Waals surface area contributed by atoms with Crippen LogP contribution in [0.3, 0.4) is 0 Å². The molecule has 2 aromatic rings. The van der Waals surface area contributed by atoms with Crippen molar-refractivity contribution in [1.29, 1.82) is 0 Å². The Bertz CT molecular complexity index is 535. The summed E-state index contributed by atoms with van der Waals surface area (Å²) in [5.74, 6) is 1.38. The third-order valence-corrected chi connectivity index (χ3v) is 2.63. The van der Waals surface area contributed by atoms with Crippen LogP contribution in [-0.2, 0) is 13.7 Å². The first-order valence-corrected chi connectivity index (χ1v) is 5.78. The minimum atomic E-state index is 0.0272. The first kappa shape index (κ1) is 12.5. The van der Waals surface area contributed by atoms with Crippen LogP contribution in [0.25, 0.3) is 0 Å². The molecule has 18 heavy (non-hydrogen) atoms. The second-order valence-electron chi connectivity index (χ2n) is 4.30. The predicted octanol–water partition coefficient (Wildman–Crippen LogP) is 1.12. The standard InChI is InChI=1S/C12H17N5O/c1-8-6-10(9(2)13)4-5-11(8)18-7-12-14-16-17(3)15-12/h4-6,9H,7,13H2,1-3H3/t9-/m0/s1. The summed E-state index contributed by atoms with van der Waals surface area (Å²) in [7, 11) is 1.72. The molecule has 0 aliphatic carbocycles. The molecule has 2 N–H and O–H groups in total. The number of nitrogens with zero attached hydrogens (tertiary/aromatic N) is 4. The first-order chi connectivity index (χ1) is 8.56. The molecule has 1 aromatic heterocycles. The van der Waals surface area contributed by atoms with Crippen molar-refractivity contribution in [2.24, 2.45) is 12.8 Å². The minimum absolute atomic E-state index is 0.0272. The summed E-state index contributed by atoms with van der Waals surface area (Å²) in [6.07, 6.45) is 0. The Kier molecular flexibility index (Phi) is 3.57. The Morgan fingerprint density at radius 2 is 2.22 bits per heavy atom. The van der Waals surface area contributed by atoms with Gasteiger partial charge in [0.15, 0.2) is 6.61 Å². The molecule has 0 aliphatic rings. The highest BCUT2D eigenvalue weighted by Gasteiger charge is 2.06. The number of tetrazole rings is 1. The summed E-state index contributed by atoms with van der Waals surface area (Å²) in [5.41, 5.74) is 7.97. The van der Waals surface area contributed by atoms with E-state index in [1.807, 2.05) is 32.0 Å². The molecule has 0 bridgehead atoms. The molecule has 0 radical (unpaired) electrons. The molecule has 0 aliphatic heterocycles. The van der Waals surface area contributed by atoms with Crippen LogP contribution in [0.1, 0.15) is 29.9 Å². The predicted molar refractivity (Wildman–Crippen MR) is 66.9 cm³/mol. The van der Waals surface area contributed by atoms with Gasteiger partial charge in [0, 0.05) is 6.04 Å². The number of hydrogen-bond acceptors (Lipinski definition) is 5. The summed E-state index contributed by atoms with van der Waals surface area (Å²) in [6.45, 7) is 4.26. The molecule has 6 nitrogen and oxygen atoms in total. The van der Waals surface area contributed by atoms with Crippen molar-refractivity contribution >= 4 is 0 Å². The number of aryl methyl sites for hydroxylation is 2. The third kappa shape index (κ3) is 2.84. The Labute approximate surface area is 106 Å². The summed E-state index contributed by atoms with van der Waals surface area (Å²) < 4.78 is 5.65. The van der Waals surface area contributed by atoms with Crippen LogP contribution in [0, 0.1) is 6.92 Å². The highest BCUT2D eigenvalue weighted by molar-refractivity contribution is 5.37. The number of ether oxygens (including phenoxy) is 1. The van der Waals surface area contributed by atoms with Crippen molar-refractivity contribution in [1.82, 2.24) is 20.2 Å². The van der Waals surface area contributed by atoms with Gasteiger partial charge >= 0.3 is 0 Å². The van der Waals surface area contributed by atoms with Crippen molar-refractivity contribution in [3.63, 3.8) is 0 Å². The average Bonchev–Trinajstić information content (AvgIpc) is 2.73. The zero-order valence-corrected chi connectivity index (χ0v) is 10.8. The van der Waals surface area contributed by atoms with Gasteiger partial charge in [-0.2, -0.15) is 4.80 Å². The molecule has 0 saturated carbocycles. The van der Waals surface area contributed by atoms with Crippen LogP contribution in [0.2, 0.25) is 0 Å².